The van der Waals surface area contributed by atoms with Crippen LogP contribution in [0.1, 0.15) is 54.7 Å². The van der Waals surface area contributed by atoms with Crippen LogP contribution >= 0.6 is 0 Å². The monoisotopic (exact) mass is 379 g/mol. The molecular weight excluding hydrogens is 354 g/mol. The minimum absolute atomic E-state index is 0.00856. The lowest BCUT2D eigenvalue weighted by Crippen LogP contribution is -2.37. The van der Waals surface area contributed by atoms with Gasteiger partial charge in [-0.1, -0.05) is 25.0 Å². The molecule has 4 rings (SSSR count). The number of furan rings is 1. The molecule has 0 radical (unpaired) electrons. The first-order valence-electron chi connectivity index (χ1n) is 9.77. The number of nitrogens with zero attached hydrogens (tertiary/aromatic N) is 3. The number of anilines is 1. The van der Waals surface area contributed by atoms with Crippen LogP contribution in [0.4, 0.5) is 10.5 Å². The maximum absolute atomic E-state index is 13.0. The molecule has 3 heterocycles. The highest BCUT2D eigenvalue weighted by Crippen LogP contribution is 2.31. The molecule has 0 aliphatic carbocycles. The minimum Gasteiger partial charge on any atom is -0.467 e. The summed E-state index contributed by atoms with van der Waals surface area (Å²) in [6, 6.07) is 11.6. The largest absolute Gasteiger partial charge is 0.467 e. The number of carbonyl (C=O) groups is 1. The number of likely N-dealkylation sites (tertiary alicyclic amines) is 1. The summed E-state index contributed by atoms with van der Waals surface area (Å²) >= 11 is 0. The first-order valence-corrected chi connectivity index (χ1v) is 9.77. The zero-order chi connectivity index (χ0) is 19.3. The van der Waals surface area contributed by atoms with E-state index in [0.717, 1.165) is 60.9 Å². The highest BCUT2D eigenvalue weighted by Gasteiger charge is 2.28. The van der Waals surface area contributed by atoms with E-state index in [1.54, 1.807) is 6.26 Å². The average Bonchev–Trinajstić information content (AvgIpc) is 3.30. The fourth-order valence-corrected chi connectivity index (χ4v) is 3.68. The van der Waals surface area contributed by atoms with Crippen LogP contribution in [0, 0.1) is 6.92 Å². The predicted octanol–water partition coefficient (Wildman–Crippen LogP) is 4.45. The number of hydrogen-bond donors (Lipinski definition) is 2. The van der Waals surface area contributed by atoms with Gasteiger partial charge in [-0.25, -0.2) is 9.78 Å². The fourth-order valence-electron chi connectivity index (χ4n) is 3.68. The number of carbonyl (C=O) groups excluding carboxylic acids is 1. The Morgan fingerprint density at radius 3 is 2.82 bits per heavy atom. The zero-order valence-corrected chi connectivity index (χ0v) is 16.0. The van der Waals surface area contributed by atoms with Gasteiger partial charge in [-0.05, 0) is 49.6 Å². The Hall–Kier alpha value is -3.09. The van der Waals surface area contributed by atoms with Crippen molar-refractivity contribution in [1.29, 1.82) is 0 Å². The molecule has 2 aromatic heterocycles. The smallest absolute Gasteiger partial charge is 0.322 e. The van der Waals surface area contributed by atoms with Crippen molar-refractivity contribution >= 4 is 11.7 Å². The summed E-state index contributed by atoms with van der Waals surface area (Å²) in [5.41, 5.74) is 1.88. The second-order valence-electron chi connectivity index (χ2n) is 7.21. The van der Waals surface area contributed by atoms with E-state index >= 15 is 0 Å². The molecule has 0 spiro atoms. The third kappa shape index (κ3) is 4.24. The molecule has 2 N–H and O–H groups in total. The Bertz CT molecular complexity index is 901. The van der Waals surface area contributed by atoms with Crippen LogP contribution in [0.25, 0.3) is 0 Å². The number of rotatable bonds is 4. The number of nitrogens with one attached hydrogen (secondary N) is 2. The summed E-state index contributed by atoms with van der Waals surface area (Å²) in [4.78, 5) is 19.2. The topological polar surface area (TPSA) is 87.1 Å². The van der Waals surface area contributed by atoms with E-state index in [-0.39, 0.29) is 12.1 Å². The van der Waals surface area contributed by atoms with Gasteiger partial charge in [0.15, 0.2) is 5.82 Å². The number of amides is 2. The van der Waals surface area contributed by atoms with Gasteiger partial charge < -0.3 is 14.6 Å². The van der Waals surface area contributed by atoms with Crippen molar-refractivity contribution in [3.63, 3.8) is 0 Å². The number of H-pyrrole nitrogens is 1. The predicted molar refractivity (Wildman–Crippen MR) is 106 cm³/mol. The van der Waals surface area contributed by atoms with Crippen LogP contribution in [-0.2, 0) is 6.42 Å². The number of aromatic amines is 1. The Kier molecular flexibility index (Phi) is 5.41. The van der Waals surface area contributed by atoms with Gasteiger partial charge in [0.2, 0.25) is 0 Å². The molecule has 1 atom stereocenters. The molecule has 1 fully saturated rings. The van der Waals surface area contributed by atoms with Gasteiger partial charge in [0.05, 0.1) is 12.3 Å². The lowest BCUT2D eigenvalue weighted by Gasteiger charge is -2.28. The van der Waals surface area contributed by atoms with Crippen molar-refractivity contribution in [3.05, 3.63) is 65.6 Å². The van der Waals surface area contributed by atoms with E-state index in [1.165, 1.54) is 0 Å². The van der Waals surface area contributed by atoms with Crippen LogP contribution < -0.4 is 5.32 Å². The van der Waals surface area contributed by atoms with E-state index in [0.29, 0.717) is 6.42 Å². The second kappa shape index (κ2) is 8.29. The highest BCUT2D eigenvalue weighted by molar-refractivity contribution is 5.89. The van der Waals surface area contributed by atoms with E-state index in [4.69, 9.17) is 4.42 Å². The molecule has 3 aromatic rings. The summed E-state index contributed by atoms with van der Waals surface area (Å²) in [6.45, 7) is 2.62. The molecule has 7 heteroatoms. The van der Waals surface area contributed by atoms with Crippen molar-refractivity contribution < 1.29 is 9.21 Å². The van der Waals surface area contributed by atoms with Gasteiger partial charge in [-0.15, -0.1) is 0 Å². The third-order valence-electron chi connectivity index (χ3n) is 5.10. The van der Waals surface area contributed by atoms with E-state index < -0.39 is 0 Å². The maximum atomic E-state index is 13.0. The summed E-state index contributed by atoms with van der Waals surface area (Å²) in [7, 11) is 0. The van der Waals surface area contributed by atoms with Crippen LogP contribution in [-0.4, -0.2) is 32.7 Å². The fraction of sp³-hybridized carbons (Fsp3) is 0.381. The quantitative estimate of drug-likeness (QED) is 0.701. The number of aryl methyl sites for hydroxylation is 1. The van der Waals surface area contributed by atoms with Gasteiger partial charge in [0, 0.05) is 18.7 Å². The first kappa shape index (κ1) is 18.3. The van der Waals surface area contributed by atoms with E-state index in [9.17, 15) is 4.79 Å². The lowest BCUT2D eigenvalue weighted by atomic mass is 10.1. The van der Waals surface area contributed by atoms with E-state index in [2.05, 4.69) is 20.5 Å². The molecule has 0 saturated carbocycles. The molecule has 1 aromatic carbocycles. The molecule has 0 bridgehead atoms. The first-order chi connectivity index (χ1) is 13.7. The number of hydrogen-bond acceptors (Lipinski definition) is 4. The lowest BCUT2D eigenvalue weighted by molar-refractivity contribution is 0.179. The van der Waals surface area contributed by atoms with Crippen molar-refractivity contribution in [3.8, 4) is 0 Å². The van der Waals surface area contributed by atoms with Crippen LogP contribution in [0.15, 0.2) is 47.1 Å². The molecule has 1 saturated heterocycles. The normalized spacial score (nSPS) is 17.3. The number of urea groups is 1. The molecule has 1 aliphatic heterocycles. The molecule has 146 valence electrons. The summed E-state index contributed by atoms with van der Waals surface area (Å²) in [6.07, 6.45) is 6.51. The van der Waals surface area contributed by atoms with Gasteiger partial charge in [-0.2, -0.15) is 5.10 Å². The average molecular weight is 379 g/mol. The molecule has 7 nitrogen and oxygen atoms in total. The van der Waals surface area contributed by atoms with Crippen molar-refractivity contribution in [2.24, 2.45) is 0 Å². The Morgan fingerprint density at radius 1 is 1.25 bits per heavy atom. The summed E-state index contributed by atoms with van der Waals surface area (Å²) in [5, 5.41) is 10.0. The standard InChI is InChI=1S/C21H25N5O2/c1-15-22-20(25-24-15)14-16-8-10-17(11-9-16)23-21(27)26-12-4-2-3-6-18(26)19-7-5-13-28-19/h5,7-11,13,18H,2-4,6,12,14H2,1H3,(H,23,27)(H,22,24,25)/t18-/m1/s1. The van der Waals surface area contributed by atoms with Crippen LogP contribution in [0.3, 0.4) is 0 Å². The van der Waals surface area contributed by atoms with Crippen molar-refractivity contribution in [1.82, 2.24) is 20.1 Å². The molecular formula is C21H25N5O2. The SMILES string of the molecule is Cc1nc(Cc2ccc(NC(=O)N3CCCCC[C@@H]3c3ccco3)cc2)n[nH]1. The van der Waals surface area contributed by atoms with Crippen molar-refractivity contribution in [2.75, 3.05) is 11.9 Å². The summed E-state index contributed by atoms with van der Waals surface area (Å²) in [5.74, 6) is 2.43. The zero-order valence-electron chi connectivity index (χ0n) is 16.0. The number of benzene rings is 1. The molecule has 1 aliphatic rings. The van der Waals surface area contributed by atoms with Crippen LogP contribution in [0.2, 0.25) is 0 Å². The van der Waals surface area contributed by atoms with Gasteiger partial charge in [0.25, 0.3) is 0 Å². The van der Waals surface area contributed by atoms with Crippen molar-refractivity contribution in [2.45, 2.75) is 45.1 Å². The minimum atomic E-state index is -0.0827. The van der Waals surface area contributed by atoms with Gasteiger partial charge in [0.1, 0.15) is 11.6 Å². The Morgan fingerprint density at radius 2 is 2.11 bits per heavy atom. The van der Waals surface area contributed by atoms with Crippen LogP contribution in [0.5, 0.6) is 0 Å². The Labute approximate surface area is 164 Å². The number of aromatic nitrogens is 3. The summed E-state index contributed by atoms with van der Waals surface area (Å²) < 4.78 is 5.60. The second-order valence-corrected chi connectivity index (χ2v) is 7.21. The molecule has 28 heavy (non-hydrogen) atoms. The van der Waals surface area contributed by atoms with Gasteiger partial charge >= 0.3 is 6.03 Å². The van der Waals surface area contributed by atoms with Gasteiger partial charge in [-0.3, -0.25) is 5.10 Å². The molecule has 0 unspecified atom stereocenters. The van der Waals surface area contributed by atoms with E-state index in [1.807, 2.05) is 48.2 Å². The highest BCUT2D eigenvalue weighted by atomic mass is 16.3. The Balaban J connectivity index is 1.43. The third-order valence-corrected chi connectivity index (χ3v) is 5.10. The molecule has 2 amide bonds. The maximum Gasteiger partial charge on any atom is 0.322 e.